The molecule has 0 N–H and O–H groups in total. The number of fused-ring (bicyclic) bond motifs is 1. The van der Waals surface area contributed by atoms with Gasteiger partial charge < -0.3 is 4.74 Å². The van der Waals surface area contributed by atoms with Gasteiger partial charge in [0.15, 0.2) is 5.82 Å². The van der Waals surface area contributed by atoms with Crippen molar-refractivity contribution in [1.82, 2.24) is 14.9 Å². The summed E-state index contributed by atoms with van der Waals surface area (Å²) >= 11 is 1.65. The van der Waals surface area contributed by atoms with E-state index in [-0.39, 0.29) is 0 Å². The monoisotopic (exact) mass is 364 g/mol. The minimum atomic E-state index is 0.696. The summed E-state index contributed by atoms with van der Waals surface area (Å²) in [6.07, 6.45) is 2.13. The van der Waals surface area contributed by atoms with E-state index in [1.807, 2.05) is 47.1 Å². The second-order valence-corrected chi connectivity index (χ2v) is 6.96. The largest absolute Gasteiger partial charge is 0.493 e. The molecule has 0 saturated heterocycles. The number of nitrogens with zero attached hydrogens (tertiary/aromatic N) is 4. The number of thioether (sulfide) groups is 1. The molecule has 1 aliphatic rings. The SMILES string of the molecule is CCCCOc1ccccc1-c1nnc2n1N=C(c1ccccc1)CS2. The highest BCUT2D eigenvalue weighted by molar-refractivity contribution is 7.99. The molecule has 0 spiro atoms. The van der Waals surface area contributed by atoms with Crippen LogP contribution in [-0.4, -0.2) is 32.9 Å². The molecule has 0 saturated carbocycles. The fraction of sp³-hybridized carbons (Fsp3) is 0.250. The van der Waals surface area contributed by atoms with Crippen molar-refractivity contribution in [3.8, 4) is 17.1 Å². The van der Waals surface area contributed by atoms with Crippen LogP contribution < -0.4 is 4.74 Å². The molecule has 2 heterocycles. The van der Waals surface area contributed by atoms with Crippen molar-refractivity contribution in [2.24, 2.45) is 5.10 Å². The highest BCUT2D eigenvalue weighted by Gasteiger charge is 2.22. The minimum absolute atomic E-state index is 0.696. The molecule has 4 rings (SSSR count). The average Bonchev–Trinajstić information content (AvgIpc) is 3.12. The maximum atomic E-state index is 5.97. The van der Waals surface area contributed by atoms with Gasteiger partial charge in [-0.3, -0.25) is 0 Å². The molecule has 3 aromatic rings. The third kappa shape index (κ3) is 3.37. The van der Waals surface area contributed by atoms with Crippen LogP contribution in [0.5, 0.6) is 5.75 Å². The van der Waals surface area contributed by atoms with Gasteiger partial charge >= 0.3 is 0 Å². The van der Waals surface area contributed by atoms with Gasteiger partial charge in [0.05, 0.1) is 17.9 Å². The fourth-order valence-corrected chi connectivity index (χ4v) is 3.61. The zero-order valence-electron chi connectivity index (χ0n) is 14.6. The lowest BCUT2D eigenvalue weighted by atomic mass is 10.1. The van der Waals surface area contributed by atoms with Crippen molar-refractivity contribution < 1.29 is 4.74 Å². The summed E-state index contributed by atoms with van der Waals surface area (Å²) in [6, 6.07) is 18.2. The second-order valence-electron chi connectivity index (χ2n) is 6.02. The number of unbranched alkanes of at least 4 members (excludes halogenated alkanes) is 1. The van der Waals surface area contributed by atoms with Crippen LogP contribution in [0.2, 0.25) is 0 Å². The Balaban J connectivity index is 1.72. The van der Waals surface area contributed by atoms with Gasteiger partial charge in [0.25, 0.3) is 0 Å². The Morgan fingerprint density at radius 2 is 1.85 bits per heavy atom. The lowest BCUT2D eigenvalue weighted by Gasteiger charge is -2.15. The fourth-order valence-electron chi connectivity index (χ4n) is 2.77. The minimum Gasteiger partial charge on any atom is -0.493 e. The maximum Gasteiger partial charge on any atom is 0.212 e. The molecule has 0 aliphatic carbocycles. The van der Waals surface area contributed by atoms with E-state index in [0.717, 1.165) is 46.3 Å². The van der Waals surface area contributed by atoms with E-state index in [2.05, 4.69) is 29.3 Å². The Morgan fingerprint density at radius 3 is 2.69 bits per heavy atom. The average molecular weight is 364 g/mol. The van der Waals surface area contributed by atoms with Crippen molar-refractivity contribution >= 4 is 17.5 Å². The van der Waals surface area contributed by atoms with Crippen LogP contribution in [0.3, 0.4) is 0 Å². The number of benzene rings is 2. The van der Waals surface area contributed by atoms with Gasteiger partial charge in [0.1, 0.15) is 5.75 Å². The number of hydrogen-bond acceptors (Lipinski definition) is 5. The van der Waals surface area contributed by atoms with Crippen molar-refractivity contribution in [3.63, 3.8) is 0 Å². The third-order valence-corrected chi connectivity index (χ3v) is 5.09. The van der Waals surface area contributed by atoms with Crippen LogP contribution in [0.15, 0.2) is 64.9 Å². The van der Waals surface area contributed by atoms with Crippen LogP contribution in [0, 0.1) is 0 Å². The number of aromatic nitrogens is 3. The van der Waals surface area contributed by atoms with E-state index in [0.29, 0.717) is 12.4 Å². The molecule has 1 aliphatic heterocycles. The van der Waals surface area contributed by atoms with E-state index >= 15 is 0 Å². The van der Waals surface area contributed by atoms with Gasteiger partial charge in [0.2, 0.25) is 5.16 Å². The number of hydrogen-bond donors (Lipinski definition) is 0. The van der Waals surface area contributed by atoms with Crippen LogP contribution in [0.25, 0.3) is 11.4 Å². The molecule has 2 aromatic carbocycles. The Hall–Kier alpha value is -2.60. The Bertz CT molecular complexity index is 921. The van der Waals surface area contributed by atoms with E-state index in [9.17, 15) is 0 Å². The van der Waals surface area contributed by atoms with E-state index in [4.69, 9.17) is 9.84 Å². The standard InChI is InChI=1S/C20H20N4OS/c1-2-3-13-25-18-12-8-7-11-16(18)19-21-22-20-24(19)23-17(14-26-20)15-9-5-4-6-10-15/h4-12H,2-3,13-14H2,1H3. The van der Waals surface area contributed by atoms with Crippen molar-refractivity contribution in [1.29, 1.82) is 0 Å². The molecule has 0 fully saturated rings. The van der Waals surface area contributed by atoms with Gasteiger partial charge in [-0.1, -0.05) is 67.6 Å². The molecule has 0 amide bonds. The maximum absolute atomic E-state index is 5.97. The summed E-state index contributed by atoms with van der Waals surface area (Å²) in [5.74, 6) is 2.33. The zero-order valence-corrected chi connectivity index (χ0v) is 15.4. The molecule has 0 bridgehead atoms. The highest BCUT2D eigenvalue weighted by Crippen LogP contribution is 2.33. The van der Waals surface area contributed by atoms with E-state index < -0.39 is 0 Å². The van der Waals surface area contributed by atoms with Gasteiger partial charge in [-0.05, 0) is 24.1 Å². The number of ether oxygens (including phenoxy) is 1. The van der Waals surface area contributed by atoms with Crippen LogP contribution in [0.4, 0.5) is 0 Å². The molecule has 6 heteroatoms. The summed E-state index contributed by atoms with van der Waals surface area (Å²) in [7, 11) is 0. The first kappa shape index (κ1) is 16.8. The van der Waals surface area contributed by atoms with Crippen LogP contribution >= 0.6 is 11.8 Å². The van der Waals surface area contributed by atoms with E-state index in [1.54, 1.807) is 11.8 Å². The normalized spacial score (nSPS) is 13.2. The van der Waals surface area contributed by atoms with Crippen molar-refractivity contribution in [2.75, 3.05) is 12.4 Å². The summed E-state index contributed by atoms with van der Waals surface area (Å²) in [4.78, 5) is 0. The lowest BCUT2D eigenvalue weighted by Crippen LogP contribution is -2.13. The summed E-state index contributed by atoms with van der Waals surface area (Å²) in [5, 5.41) is 14.3. The van der Waals surface area contributed by atoms with Gasteiger partial charge in [0, 0.05) is 5.75 Å². The summed E-state index contributed by atoms with van der Waals surface area (Å²) < 4.78 is 7.80. The Kier molecular flexibility index (Phi) is 5.02. The molecular formula is C20H20N4OS. The molecule has 5 nitrogen and oxygen atoms in total. The first-order chi connectivity index (χ1) is 12.9. The number of rotatable bonds is 6. The van der Waals surface area contributed by atoms with Gasteiger partial charge in [-0.15, -0.1) is 10.2 Å². The molecule has 26 heavy (non-hydrogen) atoms. The lowest BCUT2D eigenvalue weighted by molar-refractivity contribution is 0.310. The molecule has 132 valence electrons. The zero-order chi connectivity index (χ0) is 17.8. The molecule has 0 radical (unpaired) electrons. The smallest absolute Gasteiger partial charge is 0.212 e. The molecule has 0 atom stereocenters. The summed E-state index contributed by atoms with van der Waals surface area (Å²) in [5.41, 5.74) is 3.06. The molecule has 1 aromatic heterocycles. The highest BCUT2D eigenvalue weighted by atomic mass is 32.2. The molecular weight excluding hydrogens is 344 g/mol. The van der Waals surface area contributed by atoms with Crippen LogP contribution in [-0.2, 0) is 0 Å². The van der Waals surface area contributed by atoms with Gasteiger partial charge in [-0.25, -0.2) is 0 Å². The Labute approximate surface area is 157 Å². The number of para-hydroxylation sites is 1. The van der Waals surface area contributed by atoms with Crippen molar-refractivity contribution in [2.45, 2.75) is 24.9 Å². The first-order valence-corrected chi connectivity index (χ1v) is 9.79. The summed E-state index contributed by atoms with van der Waals surface area (Å²) in [6.45, 7) is 2.85. The topological polar surface area (TPSA) is 52.3 Å². The predicted octanol–water partition coefficient (Wildman–Crippen LogP) is 4.48. The Morgan fingerprint density at radius 1 is 1.04 bits per heavy atom. The third-order valence-electron chi connectivity index (χ3n) is 4.16. The predicted molar refractivity (Wildman–Crippen MR) is 105 cm³/mol. The first-order valence-electron chi connectivity index (χ1n) is 8.80. The quantitative estimate of drug-likeness (QED) is 0.605. The van der Waals surface area contributed by atoms with Crippen molar-refractivity contribution in [3.05, 3.63) is 60.2 Å². The molecule has 0 unspecified atom stereocenters. The van der Waals surface area contributed by atoms with Crippen LogP contribution in [0.1, 0.15) is 25.3 Å². The van der Waals surface area contributed by atoms with E-state index in [1.165, 1.54) is 0 Å². The second kappa shape index (κ2) is 7.74. The van der Waals surface area contributed by atoms with Gasteiger partial charge in [-0.2, -0.15) is 9.78 Å².